The Kier molecular flexibility index (Phi) is 5.95. The molecular formula is C22H27N5O3S. The maximum atomic E-state index is 13.1. The molecule has 2 aromatic heterocycles. The van der Waals surface area contributed by atoms with Gasteiger partial charge in [-0.1, -0.05) is 24.3 Å². The third kappa shape index (κ3) is 4.27. The first-order chi connectivity index (χ1) is 14.9. The number of carbonyl (C=O) groups is 1. The molecule has 0 unspecified atom stereocenters. The van der Waals surface area contributed by atoms with E-state index in [2.05, 4.69) is 15.2 Å². The van der Waals surface area contributed by atoms with E-state index in [0.717, 1.165) is 42.2 Å². The predicted octanol–water partition coefficient (Wildman–Crippen LogP) is 2.89. The molecule has 1 aliphatic rings. The van der Waals surface area contributed by atoms with Gasteiger partial charge in [-0.25, -0.2) is 9.78 Å². The minimum atomic E-state index is -0.492. The van der Waals surface area contributed by atoms with Gasteiger partial charge in [-0.05, 0) is 56.4 Å². The van der Waals surface area contributed by atoms with Crippen LogP contribution in [0.3, 0.4) is 0 Å². The van der Waals surface area contributed by atoms with Crippen LogP contribution in [0.15, 0.2) is 27.8 Å². The normalized spacial score (nSPS) is 13.8. The van der Waals surface area contributed by atoms with E-state index in [1.54, 1.807) is 0 Å². The third-order valence-electron chi connectivity index (χ3n) is 5.39. The average Bonchev–Trinajstić information content (AvgIpc) is 3.37. The van der Waals surface area contributed by atoms with Gasteiger partial charge in [-0.2, -0.15) is 0 Å². The monoisotopic (exact) mass is 441 g/mol. The van der Waals surface area contributed by atoms with Crippen LogP contribution in [0.1, 0.15) is 37.3 Å². The van der Waals surface area contributed by atoms with E-state index in [-0.39, 0.29) is 18.0 Å². The van der Waals surface area contributed by atoms with Gasteiger partial charge in [-0.15, -0.1) is 0 Å². The van der Waals surface area contributed by atoms with Crippen molar-refractivity contribution in [3.05, 3.63) is 50.2 Å². The molecule has 0 saturated carbocycles. The lowest BCUT2D eigenvalue weighted by atomic mass is 10.1. The summed E-state index contributed by atoms with van der Waals surface area (Å²) in [5.41, 5.74) is 2.25. The van der Waals surface area contributed by atoms with Crippen molar-refractivity contribution < 1.29 is 4.79 Å². The summed E-state index contributed by atoms with van der Waals surface area (Å²) in [6.07, 6.45) is 2.81. The van der Waals surface area contributed by atoms with Gasteiger partial charge >= 0.3 is 5.69 Å². The van der Waals surface area contributed by atoms with Crippen LogP contribution in [-0.2, 0) is 17.9 Å². The lowest BCUT2D eigenvalue weighted by Crippen LogP contribution is -2.41. The Bertz CT molecular complexity index is 1230. The van der Waals surface area contributed by atoms with Crippen molar-refractivity contribution >= 4 is 38.4 Å². The first kappa shape index (κ1) is 21.3. The van der Waals surface area contributed by atoms with Gasteiger partial charge in [0.15, 0.2) is 10.8 Å². The summed E-state index contributed by atoms with van der Waals surface area (Å²) in [5.74, 6) is -0.328. The summed E-state index contributed by atoms with van der Waals surface area (Å²) in [4.78, 5) is 45.7. The fourth-order valence-electron chi connectivity index (χ4n) is 4.07. The minimum Gasteiger partial charge on any atom is -0.348 e. The number of carbonyl (C=O) groups excluding carboxylic acids is 1. The molecule has 1 saturated heterocycles. The Hall–Kier alpha value is -2.94. The topological polar surface area (TPSA) is 89.2 Å². The molecule has 1 aromatic carbocycles. The molecule has 0 atom stereocenters. The van der Waals surface area contributed by atoms with Crippen LogP contribution in [0.5, 0.6) is 0 Å². The second kappa shape index (κ2) is 8.66. The zero-order chi connectivity index (χ0) is 22.1. The molecule has 4 rings (SSSR count). The Balaban J connectivity index is 1.74. The van der Waals surface area contributed by atoms with Crippen molar-refractivity contribution in [2.24, 2.45) is 0 Å². The number of nitrogens with one attached hydrogen (secondary N) is 1. The SMILES string of the molecule is CCCn1c(=O)c2sc(N3CCCC3)nc2n(CC(=O)Nc2cc(C)cc(C)c2)c1=O. The Morgan fingerprint density at radius 2 is 1.77 bits per heavy atom. The number of rotatable bonds is 6. The number of benzene rings is 1. The molecule has 3 aromatic rings. The molecule has 1 amide bonds. The zero-order valence-corrected chi connectivity index (χ0v) is 18.9. The predicted molar refractivity (Wildman–Crippen MR) is 124 cm³/mol. The molecule has 0 bridgehead atoms. The van der Waals surface area contributed by atoms with Crippen molar-refractivity contribution in [3.8, 4) is 0 Å². The van der Waals surface area contributed by atoms with E-state index in [9.17, 15) is 14.4 Å². The molecular weight excluding hydrogens is 414 g/mol. The largest absolute Gasteiger partial charge is 0.348 e. The van der Waals surface area contributed by atoms with E-state index in [1.807, 2.05) is 39.0 Å². The molecule has 1 fully saturated rings. The van der Waals surface area contributed by atoms with Crippen molar-refractivity contribution in [1.82, 2.24) is 14.1 Å². The van der Waals surface area contributed by atoms with Gasteiger partial charge in [0.2, 0.25) is 5.91 Å². The van der Waals surface area contributed by atoms with Crippen LogP contribution in [0.25, 0.3) is 10.3 Å². The van der Waals surface area contributed by atoms with Gasteiger partial charge in [0.25, 0.3) is 5.56 Å². The summed E-state index contributed by atoms with van der Waals surface area (Å²) in [6, 6.07) is 5.80. The second-order valence-corrected chi connectivity index (χ2v) is 9.07. The lowest BCUT2D eigenvalue weighted by Gasteiger charge is -2.12. The van der Waals surface area contributed by atoms with Gasteiger partial charge in [-0.3, -0.25) is 18.7 Å². The smallest absolute Gasteiger partial charge is 0.333 e. The number of anilines is 2. The molecule has 164 valence electrons. The molecule has 3 heterocycles. The molecule has 1 aliphatic heterocycles. The van der Waals surface area contributed by atoms with Crippen LogP contribution in [0, 0.1) is 13.8 Å². The number of fused-ring (bicyclic) bond motifs is 1. The van der Waals surface area contributed by atoms with Crippen molar-refractivity contribution in [1.29, 1.82) is 0 Å². The number of aryl methyl sites for hydroxylation is 2. The molecule has 0 aliphatic carbocycles. The number of thiazole rings is 1. The van der Waals surface area contributed by atoms with Gasteiger partial charge < -0.3 is 10.2 Å². The van der Waals surface area contributed by atoms with Crippen LogP contribution in [-0.4, -0.2) is 33.1 Å². The van der Waals surface area contributed by atoms with Crippen molar-refractivity contribution in [3.63, 3.8) is 0 Å². The number of amides is 1. The molecule has 8 nitrogen and oxygen atoms in total. The summed E-state index contributed by atoms with van der Waals surface area (Å²) in [6.45, 7) is 7.73. The van der Waals surface area contributed by atoms with E-state index in [1.165, 1.54) is 20.5 Å². The Labute approximate surface area is 184 Å². The quantitative estimate of drug-likeness (QED) is 0.635. The van der Waals surface area contributed by atoms with Crippen LogP contribution in [0.4, 0.5) is 10.8 Å². The van der Waals surface area contributed by atoms with Crippen molar-refractivity contribution in [2.75, 3.05) is 23.3 Å². The summed E-state index contributed by atoms with van der Waals surface area (Å²) < 4.78 is 2.98. The molecule has 0 radical (unpaired) electrons. The van der Waals surface area contributed by atoms with Gasteiger partial charge in [0.05, 0.1) is 0 Å². The van der Waals surface area contributed by atoms with E-state index >= 15 is 0 Å². The maximum absolute atomic E-state index is 13.1. The fraction of sp³-hybridized carbons (Fsp3) is 0.455. The summed E-state index contributed by atoms with van der Waals surface area (Å²) >= 11 is 1.31. The number of hydrogen-bond acceptors (Lipinski definition) is 6. The highest BCUT2D eigenvalue weighted by molar-refractivity contribution is 7.22. The van der Waals surface area contributed by atoms with E-state index in [0.29, 0.717) is 29.0 Å². The van der Waals surface area contributed by atoms with E-state index < -0.39 is 5.69 Å². The maximum Gasteiger partial charge on any atom is 0.333 e. The fourth-order valence-corrected chi connectivity index (χ4v) is 5.14. The molecule has 9 heteroatoms. The standard InChI is InChI=1S/C22H27N5O3S/c1-4-7-26-20(29)18-19(24-21(31-18)25-8-5-6-9-25)27(22(26)30)13-17(28)23-16-11-14(2)10-15(3)12-16/h10-12H,4-9,13H2,1-3H3,(H,23,28). The molecule has 31 heavy (non-hydrogen) atoms. The van der Waals surface area contributed by atoms with Crippen LogP contribution in [0.2, 0.25) is 0 Å². The highest BCUT2D eigenvalue weighted by Crippen LogP contribution is 2.28. The van der Waals surface area contributed by atoms with Crippen molar-refractivity contribution in [2.45, 2.75) is 53.1 Å². The van der Waals surface area contributed by atoms with Gasteiger partial charge in [0.1, 0.15) is 11.2 Å². The Morgan fingerprint density at radius 1 is 1.10 bits per heavy atom. The van der Waals surface area contributed by atoms with Gasteiger partial charge in [0, 0.05) is 25.3 Å². The number of hydrogen-bond donors (Lipinski definition) is 1. The third-order valence-corrected chi connectivity index (χ3v) is 6.48. The number of nitrogens with zero attached hydrogens (tertiary/aromatic N) is 4. The molecule has 0 spiro atoms. The first-order valence-electron chi connectivity index (χ1n) is 10.6. The Morgan fingerprint density at radius 3 is 2.42 bits per heavy atom. The first-order valence-corrected chi connectivity index (χ1v) is 11.5. The highest BCUT2D eigenvalue weighted by atomic mass is 32.1. The second-order valence-electron chi connectivity index (χ2n) is 8.09. The average molecular weight is 442 g/mol. The highest BCUT2D eigenvalue weighted by Gasteiger charge is 2.23. The lowest BCUT2D eigenvalue weighted by molar-refractivity contribution is -0.116. The van der Waals surface area contributed by atoms with E-state index in [4.69, 9.17) is 0 Å². The van der Waals surface area contributed by atoms with Crippen LogP contribution >= 0.6 is 11.3 Å². The number of aromatic nitrogens is 3. The summed E-state index contributed by atoms with van der Waals surface area (Å²) in [7, 11) is 0. The molecule has 1 N–H and O–H groups in total. The van der Waals surface area contributed by atoms with Crippen LogP contribution < -0.4 is 21.5 Å². The zero-order valence-electron chi connectivity index (χ0n) is 18.1. The summed E-state index contributed by atoms with van der Waals surface area (Å²) in [5, 5.41) is 3.61. The minimum absolute atomic E-state index is 0.199.